The summed E-state index contributed by atoms with van der Waals surface area (Å²) in [5, 5.41) is 16.0. The van der Waals surface area contributed by atoms with Gasteiger partial charge in [-0.3, -0.25) is 10.1 Å². The molecule has 2 aromatic carbocycles. The third-order valence-electron chi connectivity index (χ3n) is 3.56. The number of rotatable bonds is 3. The number of nitrogens with one attached hydrogen (secondary N) is 1. The van der Waals surface area contributed by atoms with Crippen molar-refractivity contribution in [2.45, 2.75) is 6.92 Å². The van der Waals surface area contributed by atoms with Crippen LogP contribution >= 0.6 is 11.3 Å². The predicted octanol–water partition coefficient (Wildman–Crippen LogP) is 3.41. The van der Waals surface area contributed by atoms with Gasteiger partial charge in [0.05, 0.1) is 0 Å². The lowest BCUT2D eigenvalue weighted by Crippen LogP contribution is -2.11. The van der Waals surface area contributed by atoms with Crippen LogP contribution in [0.4, 0.5) is 5.13 Å². The lowest BCUT2D eigenvalue weighted by Gasteiger charge is -2.01. The first kappa shape index (κ1) is 14.5. The van der Waals surface area contributed by atoms with Gasteiger partial charge in [-0.25, -0.2) is 0 Å². The summed E-state index contributed by atoms with van der Waals surface area (Å²) in [5.74, 6) is 0.457. The molecule has 7 heteroatoms. The first-order chi connectivity index (χ1) is 11.7. The maximum absolute atomic E-state index is 12.3. The molecular weight excluding hydrogens is 322 g/mol. The van der Waals surface area contributed by atoms with E-state index in [1.807, 2.05) is 49.4 Å². The van der Waals surface area contributed by atoms with E-state index in [4.69, 9.17) is 0 Å². The zero-order valence-corrected chi connectivity index (χ0v) is 13.6. The molecule has 1 N–H and O–H groups in total. The Hall–Kier alpha value is -3.06. The molecule has 4 rings (SSSR count). The summed E-state index contributed by atoms with van der Waals surface area (Å²) in [7, 11) is 0. The van der Waals surface area contributed by atoms with Gasteiger partial charge in [0.1, 0.15) is 0 Å². The number of hydrogen-bond acceptors (Lipinski definition) is 5. The van der Waals surface area contributed by atoms with E-state index < -0.39 is 0 Å². The SMILES string of the molecule is Cc1ccc(C(=O)Nc2nn3c(-c4ccccc4)nnc3s2)cc1. The van der Waals surface area contributed by atoms with Crippen molar-refractivity contribution in [2.24, 2.45) is 0 Å². The van der Waals surface area contributed by atoms with Crippen molar-refractivity contribution in [3.63, 3.8) is 0 Å². The van der Waals surface area contributed by atoms with Crippen LogP contribution in [0.1, 0.15) is 15.9 Å². The van der Waals surface area contributed by atoms with Crippen molar-refractivity contribution < 1.29 is 4.79 Å². The van der Waals surface area contributed by atoms with E-state index in [2.05, 4.69) is 20.6 Å². The highest BCUT2D eigenvalue weighted by molar-refractivity contribution is 7.20. The highest BCUT2D eigenvalue weighted by Crippen LogP contribution is 2.24. The number of carbonyl (C=O) groups excluding carboxylic acids is 1. The molecule has 6 nitrogen and oxygen atoms in total. The van der Waals surface area contributed by atoms with Gasteiger partial charge < -0.3 is 0 Å². The topological polar surface area (TPSA) is 72.2 Å². The molecule has 0 atom stereocenters. The average Bonchev–Trinajstić information content (AvgIpc) is 3.16. The van der Waals surface area contributed by atoms with E-state index in [1.165, 1.54) is 11.3 Å². The molecule has 118 valence electrons. The van der Waals surface area contributed by atoms with Crippen LogP contribution in [0.3, 0.4) is 0 Å². The Morgan fingerprint density at radius 2 is 1.79 bits per heavy atom. The van der Waals surface area contributed by atoms with Gasteiger partial charge in [-0.05, 0) is 19.1 Å². The largest absolute Gasteiger partial charge is 0.296 e. The summed E-state index contributed by atoms with van der Waals surface area (Å²) in [6, 6.07) is 17.1. The molecule has 0 saturated heterocycles. The summed E-state index contributed by atoms with van der Waals surface area (Å²) in [4.78, 5) is 12.9. The molecular formula is C17H13N5OS. The van der Waals surface area contributed by atoms with Gasteiger partial charge in [0, 0.05) is 11.1 Å². The Balaban J connectivity index is 1.63. The Kier molecular flexibility index (Phi) is 3.55. The molecule has 0 unspecified atom stereocenters. The molecule has 2 aromatic heterocycles. The number of anilines is 1. The minimum absolute atomic E-state index is 0.193. The Labute approximate surface area is 141 Å². The van der Waals surface area contributed by atoms with Gasteiger partial charge in [-0.1, -0.05) is 59.4 Å². The van der Waals surface area contributed by atoms with Gasteiger partial charge in [0.25, 0.3) is 5.91 Å². The van der Waals surface area contributed by atoms with Crippen molar-refractivity contribution in [3.8, 4) is 11.4 Å². The molecule has 2 heterocycles. The molecule has 0 bridgehead atoms. The van der Waals surface area contributed by atoms with E-state index in [9.17, 15) is 4.79 Å². The third kappa shape index (κ3) is 2.65. The molecule has 0 aliphatic heterocycles. The second-order valence-electron chi connectivity index (χ2n) is 5.31. The molecule has 0 aliphatic carbocycles. The first-order valence-corrected chi connectivity index (χ1v) is 8.18. The van der Waals surface area contributed by atoms with Crippen LogP contribution in [-0.2, 0) is 0 Å². The van der Waals surface area contributed by atoms with Crippen molar-refractivity contribution in [1.29, 1.82) is 0 Å². The maximum atomic E-state index is 12.3. The predicted molar refractivity (Wildman–Crippen MR) is 93.2 cm³/mol. The number of benzene rings is 2. The molecule has 0 fully saturated rings. The smallest absolute Gasteiger partial charge is 0.257 e. The first-order valence-electron chi connectivity index (χ1n) is 7.36. The normalized spacial score (nSPS) is 10.9. The van der Waals surface area contributed by atoms with E-state index in [1.54, 1.807) is 16.6 Å². The minimum atomic E-state index is -0.193. The number of nitrogens with zero attached hydrogens (tertiary/aromatic N) is 4. The zero-order valence-electron chi connectivity index (χ0n) is 12.8. The van der Waals surface area contributed by atoms with Crippen LogP contribution in [-0.4, -0.2) is 25.7 Å². The number of fused-ring (bicyclic) bond motifs is 1. The van der Waals surface area contributed by atoms with Crippen LogP contribution in [0.15, 0.2) is 54.6 Å². The van der Waals surface area contributed by atoms with Crippen LogP contribution in [0.25, 0.3) is 16.3 Å². The number of hydrogen-bond donors (Lipinski definition) is 1. The minimum Gasteiger partial charge on any atom is -0.296 e. The molecule has 1 amide bonds. The van der Waals surface area contributed by atoms with Gasteiger partial charge in [-0.2, -0.15) is 4.52 Å². The monoisotopic (exact) mass is 335 g/mol. The van der Waals surface area contributed by atoms with Crippen LogP contribution in [0.2, 0.25) is 0 Å². The zero-order chi connectivity index (χ0) is 16.5. The lowest BCUT2D eigenvalue weighted by molar-refractivity contribution is 0.102. The quantitative estimate of drug-likeness (QED) is 0.623. The lowest BCUT2D eigenvalue weighted by atomic mass is 10.1. The summed E-state index contributed by atoms with van der Waals surface area (Å²) < 4.78 is 1.64. The van der Waals surface area contributed by atoms with Crippen molar-refractivity contribution >= 4 is 27.3 Å². The molecule has 0 radical (unpaired) electrons. The van der Waals surface area contributed by atoms with Crippen LogP contribution in [0.5, 0.6) is 0 Å². The molecule has 4 aromatic rings. The van der Waals surface area contributed by atoms with E-state index in [0.717, 1.165) is 11.1 Å². The summed E-state index contributed by atoms with van der Waals surface area (Å²) in [6.45, 7) is 1.98. The Morgan fingerprint density at radius 1 is 1.04 bits per heavy atom. The van der Waals surface area contributed by atoms with Crippen LogP contribution < -0.4 is 5.32 Å². The molecule has 0 aliphatic rings. The van der Waals surface area contributed by atoms with E-state index in [-0.39, 0.29) is 5.91 Å². The second-order valence-corrected chi connectivity index (χ2v) is 6.27. The summed E-state index contributed by atoms with van der Waals surface area (Å²) >= 11 is 1.29. The van der Waals surface area contributed by atoms with E-state index in [0.29, 0.717) is 21.5 Å². The van der Waals surface area contributed by atoms with Gasteiger partial charge in [0.2, 0.25) is 10.1 Å². The number of aromatic nitrogens is 4. The average molecular weight is 335 g/mol. The number of amides is 1. The van der Waals surface area contributed by atoms with Crippen molar-refractivity contribution in [3.05, 3.63) is 65.7 Å². The van der Waals surface area contributed by atoms with Gasteiger partial charge in [0.15, 0.2) is 5.82 Å². The van der Waals surface area contributed by atoms with Gasteiger partial charge in [-0.15, -0.1) is 15.3 Å². The molecule has 0 saturated carbocycles. The number of aryl methyl sites for hydroxylation is 1. The van der Waals surface area contributed by atoms with Crippen LogP contribution in [0, 0.1) is 6.92 Å². The highest BCUT2D eigenvalue weighted by Gasteiger charge is 2.15. The molecule has 0 spiro atoms. The fraction of sp³-hybridized carbons (Fsp3) is 0.0588. The Bertz CT molecular complexity index is 1000. The van der Waals surface area contributed by atoms with Crippen molar-refractivity contribution in [1.82, 2.24) is 19.8 Å². The van der Waals surface area contributed by atoms with E-state index >= 15 is 0 Å². The fourth-order valence-electron chi connectivity index (χ4n) is 2.31. The second kappa shape index (κ2) is 5.86. The van der Waals surface area contributed by atoms with Crippen molar-refractivity contribution in [2.75, 3.05) is 5.32 Å². The number of carbonyl (C=O) groups is 1. The maximum Gasteiger partial charge on any atom is 0.257 e. The standard InChI is InChI=1S/C17H13N5OS/c1-11-7-9-13(10-8-11)15(23)18-16-21-22-14(19-20-17(22)24-16)12-5-3-2-4-6-12/h2-10H,1H3,(H,18,21,23). The Morgan fingerprint density at radius 3 is 2.54 bits per heavy atom. The highest BCUT2D eigenvalue weighted by atomic mass is 32.1. The van der Waals surface area contributed by atoms with Gasteiger partial charge >= 0.3 is 0 Å². The third-order valence-corrected chi connectivity index (χ3v) is 4.37. The summed E-state index contributed by atoms with van der Waals surface area (Å²) in [5.41, 5.74) is 2.62. The molecule has 24 heavy (non-hydrogen) atoms. The fourth-order valence-corrected chi connectivity index (χ4v) is 3.04. The summed E-state index contributed by atoms with van der Waals surface area (Å²) in [6.07, 6.45) is 0.